The highest BCUT2D eigenvalue weighted by atomic mass is 35.5. The molecule has 0 aromatic heterocycles. The van der Waals surface area contributed by atoms with Crippen molar-refractivity contribution in [3.05, 3.63) is 99.0 Å². The quantitative estimate of drug-likeness (QED) is 0.381. The lowest BCUT2D eigenvalue weighted by Gasteiger charge is -2.21. The zero-order chi connectivity index (χ0) is 20.6. The third-order valence-electron chi connectivity index (χ3n) is 4.91. The molecule has 0 amide bonds. The van der Waals surface area contributed by atoms with E-state index < -0.39 is 0 Å². The average Bonchev–Trinajstić information content (AvgIpc) is 2.72. The van der Waals surface area contributed by atoms with Crippen LogP contribution in [0.4, 0.5) is 0 Å². The Morgan fingerprint density at radius 2 is 1.69 bits per heavy atom. The molecule has 0 heterocycles. The molecule has 0 aliphatic carbocycles. The van der Waals surface area contributed by atoms with E-state index in [1.807, 2.05) is 12.1 Å². The van der Waals surface area contributed by atoms with Gasteiger partial charge in [-0.15, -0.1) is 0 Å². The van der Waals surface area contributed by atoms with E-state index in [0.717, 1.165) is 24.0 Å². The van der Waals surface area contributed by atoms with Crippen molar-refractivity contribution in [2.24, 2.45) is 0 Å². The molecular formula is C25H27Cl2NO. The lowest BCUT2D eigenvalue weighted by atomic mass is 10.0. The first kappa shape index (κ1) is 21.7. The van der Waals surface area contributed by atoms with Crippen LogP contribution < -0.4 is 10.1 Å². The van der Waals surface area contributed by atoms with E-state index in [0.29, 0.717) is 28.9 Å². The second-order valence-electron chi connectivity index (χ2n) is 7.28. The number of ether oxygens (including phenoxy) is 1. The monoisotopic (exact) mass is 427 g/mol. The van der Waals surface area contributed by atoms with Gasteiger partial charge in [-0.1, -0.05) is 96.7 Å². The Kier molecular flexibility index (Phi) is 8.00. The molecule has 0 saturated carbocycles. The number of nitrogens with one attached hydrogen (secondary N) is 1. The van der Waals surface area contributed by atoms with Gasteiger partial charge in [0.25, 0.3) is 0 Å². The van der Waals surface area contributed by atoms with Gasteiger partial charge in [-0.3, -0.25) is 0 Å². The van der Waals surface area contributed by atoms with Gasteiger partial charge in [0.05, 0.1) is 5.02 Å². The van der Waals surface area contributed by atoms with Crippen molar-refractivity contribution >= 4 is 23.2 Å². The van der Waals surface area contributed by atoms with Crippen LogP contribution in [0.15, 0.2) is 66.7 Å². The smallest absolute Gasteiger partial charge is 0.142 e. The number of rotatable bonds is 9. The third kappa shape index (κ3) is 6.24. The summed E-state index contributed by atoms with van der Waals surface area (Å²) in [5.74, 6) is 0.687. The first-order valence-corrected chi connectivity index (χ1v) is 10.8. The summed E-state index contributed by atoms with van der Waals surface area (Å²) in [6, 6.07) is 22.8. The Labute approximate surface area is 183 Å². The van der Waals surface area contributed by atoms with E-state index in [-0.39, 0.29) is 6.04 Å². The van der Waals surface area contributed by atoms with Crippen LogP contribution >= 0.6 is 23.2 Å². The molecule has 3 aromatic carbocycles. The maximum atomic E-state index is 6.48. The van der Waals surface area contributed by atoms with Crippen LogP contribution in [0.3, 0.4) is 0 Å². The van der Waals surface area contributed by atoms with Crippen LogP contribution in [-0.2, 0) is 13.2 Å². The predicted molar refractivity (Wildman–Crippen MR) is 123 cm³/mol. The lowest BCUT2D eigenvalue weighted by Crippen LogP contribution is -2.21. The molecule has 0 saturated heterocycles. The number of hydrogen-bond acceptors (Lipinski definition) is 2. The molecule has 0 radical (unpaired) electrons. The molecule has 0 aliphatic rings. The fourth-order valence-electron chi connectivity index (χ4n) is 3.34. The summed E-state index contributed by atoms with van der Waals surface area (Å²) >= 11 is 12.8. The first-order chi connectivity index (χ1) is 14.1. The van der Waals surface area contributed by atoms with Gasteiger partial charge in [0, 0.05) is 23.2 Å². The highest BCUT2D eigenvalue weighted by Gasteiger charge is 2.15. The second kappa shape index (κ2) is 10.7. The largest absolute Gasteiger partial charge is 0.487 e. The summed E-state index contributed by atoms with van der Waals surface area (Å²) in [4.78, 5) is 0. The Morgan fingerprint density at radius 1 is 0.966 bits per heavy atom. The topological polar surface area (TPSA) is 21.3 Å². The molecule has 0 bridgehead atoms. The maximum absolute atomic E-state index is 6.48. The molecule has 1 N–H and O–H groups in total. The first-order valence-electron chi connectivity index (χ1n) is 10.0. The van der Waals surface area contributed by atoms with Crippen LogP contribution in [0.1, 0.15) is 48.1 Å². The molecule has 3 aromatic rings. The molecule has 0 spiro atoms. The fraction of sp³-hybridized carbons (Fsp3) is 0.280. The van der Waals surface area contributed by atoms with Crippen LogP contribution in [0.2, 0.25) is 10.0 Å². The Morgan fingerprint density at radius 3 is 2.38 bits per heavy atom. The molecule has 0 fully saturated rings. The molecule has 4 heteroatoms. The van der Waals surface area contributed by atoms with Crippen molar-refractivity contribution in [1.82, 2.24) is 5.32 Å². The summed E-state index contributed by atoms with van der Waals surface area (Å²) in [6.07, 6.45) is 2.15. The number of benzene rings is 3. The van der Waals surface area contributed by atoms with Gasteiger partial charge < -0.3 is 10.1 Å². The van der Waals surface area contributed by atoms with Crippen molar-refractivity contribution < 1.29 is 4.74 Å². The number of aryl methyl sites for hydroxylation is 1. The fourth-order valence-corrected chi connectivity index (χ4v) is 3.93. The predicted octanol–water partition coefficient (Wildman–Crippen LogP) is 7.51. The molecule has 29 heavy (non-hydrogen) atoms. The molecule has 1 atom stereocenters. The van der Waals surface area contributed by atoms with Gasteiger partial charge in [-0.2, -0.15) is 0 Å². The van der Waals surface area contributed by atoms with E-state index in [4.69, 9.17) is 27.9 Å². The molecular weight excluding hydrogens is 401 g/mol. The number of hydrogen-bond donors (Lipinski definition) is 1. The van der Waals surface area contributed by atoms with Crippen LogP contribution in [0, 0.1) is 6.92 Å². The summed E-state index contributed by atoms with van der Waals surface area (Å²) < 4.78 is 6.12. The normalized spacial score (nSPS) is 12.0. The summed E-state index contributed by atoms with van der Waals surface area (Å²) in [7, 11) is 0. The Balaban J connectivity index is 1.76. The molecule has 152 valence electrons. The SMILES string of the molecule is CCCC(NCc1cc(Cl)cc(Cl)c1OCc1ccc(C)cc1)c1ccccc1. The minimum Gasteiger partial charge on any atom is -0.487 e. The van der Waals surface area contributed by atoms with Crippen molar-refractivity contribution in [2.75, 3.05) is 0 Å². The maximum Gasteiger partial charge on any atom is 0.142 e. The second-order valence-corrected chi connectivity index (χ2v) is 8.13. The van der Waals surface area contributed by atoms with E-state index in [1.165, 1.54) is 11.1 Å². The Bertz CT molecular complexity index is 910. The molecule has 2 nitrogen and oxygen atoms in total. The molecule has 3 rings (SSSR count). The lowest BCUT2D eigenvalue weighted by molar-refractivity contribution is 0.301. The van der Waals surface area contributed by atoms with Crippen molar-refractivity contribution in [1.29, 1.82) is 0 Å². The average molecular weight is 428 g/mol. The van der Waals surface area contributed by atoms with E-state index in [2.05, 4.69) is 67.7 Å². The van der Waals surface area contributed by atoms with Gasteiger partial charge in [0.15, 0.2) is 0 Å². The summed E-state index contributed by atoms with van der Waals surface area (Å²) in [6.45, 7) is 5.36. The van der Waals surface area contributed by atoms with Crippen molar-refractivity contribution in [2.45, 2.75) is 45.9 Å². The van der Waals surface area contributed by atoms with E-state index >= 15 is 0 Å². The standard InChI is InChI=1S/C25H27Cl2NO/c1-3-7-24(20-8-5-4-6-9-20)28-16-21-14-22(26)15-23(27)25(21)29-17-19-12-10-18(2)11-13-19/h4-6,8-15,24,28H,3,7,16-17H2,1-2H3. The van der Waals surface area contributed by atoms with Gasteiger partial charge >= 0.3 is 0 Å². The van der Waals surface area contributed by atoms with Gasteiger partial charge in [-0.25, -0.2) is 0 Å². The zero-order valence-electron chi connectivity index (χ0n) is 16.9. The highest BCUT2D eigenvalue weighted by Crippen LogP contribution is 2.34. The van der Waals surface area contributed by atoms with Crippen molar-refractivity contribution in [3.63, 3.8) is 0 Å². The number of halogens is 2. The molecule has 1 unspecified atom stereocenters. The Hall–Kier alpha value is -2.00. The minimum absolute atomic E-state index is 0.268. The summed E-state index contributed by atoms with van der Waals surface area (Å²) in [5, 5.41) is 4.80. The van der Waals surface area contributed by atoms with Crippen molar-refractivity contribution in [3.8, 4) is 5.75 Å². The van der Waals surface area contributed by atoms with Crippen LogP contribution in [-0.4, -0.2) is 0 Å². The minimum atomic E-state index is 0.268. The van der Waals surface area contributed by atoms with Gasteiger partial charge in [-0.05, 0) is 36.6 Å². The van der Waals surface area contributed by atoms with Crippen LogP contribution in [0.5, 0.6) is 5.75 Å². The molecule has 0 aliphatic heterocycles. The van der Waals surface area contributed by atoms with Gasteiger partial charge in [0.1, 0.15) is 12.4 Å². The van der Waals surface area contributed by atoms with E-state index in [1.54, 1.807) is 6.07 Å². The van der Waals surface area contributed by atoms with Crippen LogP contribution in [0.25, 0.3) is 0 Å². The third-order valence-corrected chi connectivity index (χ3v) is 5.41. The summed E-state index contributed by atoms with van der Waals surface area (Å²) in [5.41, 5.74) is 4.58. The van der Waals surface area contributed by atoms with E-state index in [9.17, 15) is 0 Å². The zero-order valence-corrected chi connectivity index (χ0v) is 18.4. The highest BCUT2D eigenvalue weighted by molar-refractivity contribution is 6.35. The van der Waals surface area contributed by atoms with Gasteiger partial charge in [0.2, 0.25) is 0 Å².